The van der Waals surface area contributed by atoms with E-state index in [1.807, 2.05) is 12.1 Å². The normalized spacial score (nSPS) is 12.3. The van der Waals surface area contributed by atoms with Gasteiger partial charge < -0.3 is 25.6 Å². The van der Waals surface area contributed by atoms with Crippen LogP contribution in [0.3, 0.4) is 0 Å². The Balaban J connectivity index is 1.83. The van der Waals surface area contributed by atoms with E-state index in [9.17, 15) is 9.90 Å². The Labute approximate surface area is 166 Å². The molecular formula is C22H30N2O4. The van der Waals surface area contributed by atoms with Gasteiger partial charge in [0.25, 0.3) is 5.91 Å². The van der Waals surface area contributed by atoms with Crippen LogP contribution in [-0.4, -0.2) is 48.5 Å². The fourth-order valence-corrected chi connectivity index (χ4v) is 2.61. The van der Waals surface area contributed by atoms with Crippen molar-refractivity contribution in [2.75, 3.05) is 31.6 Å². The Morgan fingerprint density at radius 2 is 1.79 bits per heavy atom. The Morgan fingerprint density at radius 3 is 2.43 bits per heavy atom. The summed E-state index contributed by atoms with van der Waals surface area (Å²) >= 11 is 0. The smallest absolute Gasteiger partial charge is 0.253 e. The Hall–Kier alpha value is -2.57. The molecule has 2 aromatic rings. The first-order valence-electron chi connectivity index (χ1n) is 9.44. The standard InChI is InChI=1S/C22H30N2O4/c1-22(2,3)16-8-10-18(11-9-16)28-13-12-23-21(27)19-6-4-5-7-20(19)24-14-17(26)15-25/h4-11,17,24-26H,12-15H2,1-3H3,(H,23,27). The summed E-state index contributed by atoms with van der Waals surface area (Å²) in [6.07, 6.45) is -0.880. The molecule has 0 spiro atoms. The summed E-state index contributed by atoms with van der Waals surface area (Å²) < 4.78 is 5.69. The first kappa shape index (κ1) is 21.7. The van der Waals surface area contributed by atoms with Crippen molar-refractivity contribution in [3.63, 3.8) is 0 Å². The minimum atomic E-state index is -0.880. The van der Waals surface area contributed by atoms with E-state index in [1.165, 1.54) is 5.56 Å². The maximum Gasteiger partial charge on any atom is 0.253 e. The zero-order valence-electron chi connectivity index (χ0n) is 16.7. The van der Waals surface area contributed by atoms with Gasteiger partial charge in [0.1, 0.15) is 12.4 Å². The van der Waals surface area contributed by atoms with Crippen molar-refractivity contribution in [2.45, 2.75) is 32.3 Å². The van der Waals surface area contributed by atoms with Gasteiger partial charge in [-0.25, -0.2) is 0 Å². The SMILES string of the molecule is CC(C)(C)c1ccc(OCCNC(=O)c2ccccc2NCC(O)CO)cc1. The van der Waals surface area contributed by atoms with Crippen LogP contribution >= 0.6 is 0 Å². The van der Waals surface area contributed by atoms with Gasteiger partial charge in [0.05, 0.1) is 24.8 Å². The molecule has 0 aliphatic rings. The van der Waals surface area contributed by atoms with Crippen LogP contribution in [0.25, 0.3) is 0 Å². The Kier molecular flexibility index (Phi) is 7.84. The van der Waals surface area contributed by atoms with Crippen molar-refractivity contribution >= 4 is 11.6 Å². The zero-order chi connectivity index (χ0) is 20.6. The van der Waals surface area contributed by atoms with Gasteiger partial charge in [-0.15, -0.1) is 0 Å². The number of nitrogens with one attached hydrogen (secondary N) is 2. The molecule has 0 aliphatic carbocycles. The van der Waals surface area contributed by atoms with Gasteiger partial charge in [0.15, 0.2) is 0 Å². The van der Waals surface area contributed by atoms with E-state index in [4.69, 9.17) is 9.84 Å². The molecule has 6 heteroatoms. The zero-order valence-corrected chi connectivity index (χ0v) is 16.7. The number of aliphatic hydroxyl groups excluding tert-OH is 2. The van der Waals surface area contributed by atoms with Gasteiger partial charge in [-0.3, -0.25) is 4.79 Å². The lowest BCUT2D eigenvalue weighted by Crippen LogP contribution is -2.29. The third-order valence-corrected chi connectivity index (χ3v) is 4.29. The van der Waals surface area contributed by atoms with Crippen molar-refractivity contribution in [3.05, 3.63) is 59.7 Å². The van der Waals surface area contributed by atoms with Crippen molar-refractivity contribution in [2.24, 2.45) is 0 Å². The maximum absolute atomic E-state index is 12.4. The molecule has 0 aliphatic heterocycles. The molecule has 152 valence electrons. The summed E-state index contributed by atoms with van der Waals surface area (Å²) in [6.45, 7) is 7.04. The number of hydrogen-bond donors (Lipinski definition) is 4. The molecule has 1 unspecified atom stereocenters. The van der Waals surface area contributed by atoms with Crippen molar-refractivity contribution in [1.29, 1.82) is 0 Å². The van der Waals surface area contributed by atoms with E-state index in [0.717, 1.165) is 5.75 Å². The molecule has 6 nitrogen and oxygen atoms in total. The molecule has 0 heterocycles. The maximum atomic E-state index is 12.4. The fourth-order valence-electron chi connectivity index (χ4n) is 2.61. The molecule has 0 aromatic heterocycles. The van der Waals surface area contributed by atoms with Gasteiger partial charge in [-0.05, 0) is 35.2 Å². The Morgan fingerprint density at radius 1 is 1.11 bits per heavy atom. The lowest BCUT2D eigenvalue weighted by Gasteiger charge is -2.19. The lowest BCUT2D eigenvalue weighted by atomic mass is 9.87. The highest BCUT2D eigenvalue weighted by atomic mass is 16.5. The first-order chi connectivity index (χ1) is 13.3. The second-order valence-corrected chi connectivity index (χ2v) is 7.64. The van der Waals surface area contributed by atoms with Crippen LogP contribution < -0.4 is 15.4 Å². The van der Waals surface area contributed by atoms with Crippen LogP contribution in [-0.2, 0) is 5.41 Å². The summed E-state index contributed by atoms with van der Waals surface area (Å²) in [6, 6.07) is 15.0. The van der Waals surface area contributed by atoms with Crippen LogP contribution in [0.4, 0.5) is 5.69 Å². The van der Waals surface area contributed by atoms with Crippen LogP contribution in [0.1, 0.15) is 36.7 Å². The largest absolute Gasteiger partial charge is 0.492 e. The predicted molar refractivity (Wildman–Crippen MR) is 111 cm³/mol. The number of para-hydroxylation sites is 1. The number of carbonyl (C=O) groups excluding carboxylic acids is 1. The van der Waals surface area contributed by atoms with Crippen molar-refractivity contribution in [1.82, 2.24) is 5.32 Å². The number of amides is 1. The summed E-state index contributed by atoms with van der Waals surface area (Å²) in [5.41, 5.74) is 2.41. The van der Waals surface area contributed by atoms with Gasteiger partial charge >= 0.3 is 0 Å². The quantitative estimate of drug-likeness (QED) is 0.497. The number of anilines is 1. The number of rotatable bonds is 9. The van der Waals surface area contributed by atoms with E-state index < -0.39 is 6.10 Å². The summed E-state index contributed by atoms with van der Waals surface area (Å²) in [7, 11) is 0. The predicted octanol–water partition coefficient (Wildman–Crippen LogP) is 2.56. The molecule has 1 amide bonds. The molecule has 1 atom stereocenters. The molecule has 2 rings (SSSR count). The van der Waals surface area contributed by atoms with Crippen molar-refractivity contribution < 1.29 is 19.7 Å². The monoisotopic (exact) mass is 386 g/mol. The molecular weight excluding hydrogens is 356 g/mol. The molecule has 0 radical (unpaired) electrons. The molecule has 0 fully saturated rings. The second-order valence-electron chi connectivity index (χ2n) is 7.64. The number of carbonyl (C=O) groups is 1. The average molecular weight is 386 g/mol. The lowest BCUT2D eigenvalue weighted by molar-refractivity contribution is 0.0946. The van der Waals surface area contributed by atoms with E-state index in [2.05, 4.69) is 43.5 Å². The molecule has 0 bridgehead atoms. The van der Waals surface area contributed by atoms with Gasteiger partial charge in [0.2, 0.25) is 0 Å². The molecule has 28 heavy (non-hydrogen) atoms. The highest BCUT2D eigenvalue weighted by molar-refractivity contribution is 5.99. The molecule has 2 aromatic carbocycles. The van der Waals surface area contributed by atoms with Gasteiger partial charge in [0, 0.05) is 12.2 Å². The summed E-state index contributed by atoms with van der Waals surface area (Å²) in [5, 5.41) is 24.2. The van der Waals surface area contributed by atoms with Gasteiger partial charge in [-0.2, -0.15) is 0 Å². The second kappa shape index (κ2) is 10.1. The number of hydrogen-bond acceptors (Lipinski definition) is 5. The topological polar surface area (TPSA) is 90.8 Å². The number of benzene rings is 2. The third-order valence-electron chi connectivity index (χ3n) is 4.29. The summed E-state index contributed by atoms with van der Waals surface area (Å²) in [4.78, 5) is 12.4. The van der Waals surface area contributed by atoms with E-state index >= 15 is 0 Å². The van der Waals surface area contributed by atoms with Crippen LogP contribution in [0.15, 0.2) is 48.5 Å². The summed E-state index contributed by atoms with van der Waals surface area (Å²) in [5.74, 6) is 0.538. The average Bonchev–Trinajstić information content (AvgIpc) is 2.69. The number of ether oxygens (including phenoxy) is 1. The first-order valence-corrected chi connectivity index (χ1v) is 9.44. The molecule has 4 N–H and O–H groups in total. The minimum absolute atomic E-state index is 0.0984. The van der Waals surface area contributed by atoms with E-state index in [1.54, 1.807) is 24.3 Å². The Bertz CT molecular complexity index is 754. The minimum Gasteiger partial charge on any atom is -0.492 e. The fraction of sp³-hybridized carbons (Fsp3) is 0.409. The van der Waals surface area contributed by atoms with Crippen LogP contribution in [0, 0.1) is 0 Å². The van der Waals surface area contributed by atoms with Gasteiger partial charge in [-0.1, -0.05) is 45.0 Å². The van der Waals surface area contributed by atoms with Crippen LogP contribution in [0.2, 0.25) is 0 Å². The van der Waals surface area contributed by atoms with E-state index in [-0.39, 0.29) is 24.5 Å². The van der Waals surface area contributed by atoms with Crippen molar-refractivity contribution in [3.8, 4) is 5.75 Å². The highest BCUT2D eigenvalue weighted by Gasteiger charge is 2.13. The van der Waals surface area contributed by atoms with Crippen LogP contribution in [0.5, 0.6) is 5.75 Å². The third kappa shape index (κ3) is 6.55. The molecule has 0 saturated heterocycles. The van der Waals surface area contributed by atoms with E-state index in [0.29, 0.717) is 24.4 Å². The highest BCUT2D eigenvalue weighted by Crippen LogP contribution is 2.24. The molecule has 0 saturated carbocycles. The number of aliphatic hydroxyl groups is 2.